The topological polar surface area (TPSA) is 149 Å². The number of piperidine rings is 1. The standard InChI is InChI=1S/C28H35F3N8O4/c1-15-22(38-43-37-15)26(41)34-24(16-5-3-2-4-6-16)21-14-39-27(33-21)35-23(17-7-9-42-10-8-17)20(36-39)12-18-11-19(28(29,30)31)13-32-25(18)40/h14,16-19,24H,2-13H2,1H3,(H,32,40)(H,34,41)/t18-,19-,24+/m1/s1. The van der Waals surface area contributed by atoms with E-state index in [1.807, 2.05) is 0 Å². The molecule has 2 aliphatic heterocycles. The second-order valence-corrected chi connectivity index (χ2v) is 11.9. The Bertz CT molecular complexity index is 1460. The Balaban J connectivity index is 1.35. The number of hydrogen-bond donors (Lipinski definition) is 2. The molecular formula is C28H35F3N8O4. The number of carbonyl (C=O) groups is 2. The molecule has 3 fully saturated rings. The summed E-state index contributed by atoms with van der Waals surface area (Å²) >= 11 is 0. The number of ether oxygens (including phenoxy) is 1. The minimum atomic E-state index is -4.40. The Morgan fingerprint density at radius 1 is 1.14 bits per heavy atom. The molecule has 1 aliphatic carbocycles. The number of hydrogen-bond acceptors (Lipinski definition) is 9. The summed E-state index contributed by atoms with van der Waals surface area (Å²) in [4.78, 5) is 35.5. The van der Waals surface area contributed by atoms with Gasteiger partial charge in [0.25, 0.3) is 11.7 Å². The van der Waals surface area contributed by atoms with E-state index in [0.29, 0.717) is 54.6 Å². The molecule has 0 bridgehead atoms. The van der Waals surface area contributed by atoms with E-state index in [4.69, 9.17) is 24.4 Å². The maximum Gasteiger partial charge on any atom is 0.393 e. The third kappa shape index (κ3) is 6.36. The van der Waals surface area contributed by atoms with Crippen LogP contribution in [0, 0.1) is 24.7 Å². The van der Waals surface area contributed by atoms with Gasteiger partial charge in [0.15, 0.2) is 5.69 Å². The van der Waals surface area contributed by atoms with Gasteiger partial charge in [-0.1, -0.05) is 24.4 Å². The number of amides is 2. The number of halogens is 3. The molecule has 0 aromatic carbocycles. The molecule has 6 rings (SSSR count). The average Bonchev–Trinajstić information content (AvgIpc) is 3.62. The lowest BCUT2D eigenvalue weighted by Crippen LogP contribution is -2.47. The maximum atomic E-state index is 13.5. The highest BCUT2D eigenvalue weighted by Crippen LogP contribution is 2.37. The van der Waals surface area contributed by atoms with Gasteiger partial charge in [-0.3, -0.25) is 9.59 Å². The van der Waals surface area contributed by atoms with Crippen LogP contribution in [-0.4, -0.2) is 67.6 Å². The SMILES string of the molecule is Cc1nonc1C(=O)N[C@H](c1cn2nc(C[C@H]3C[C@@H](C(F)(F)F)CNC3=O)c(C3CCOCC3)nc2n1)C1CCCCC1. The fourth-order valence-corrected chi connectivity index (χ4v) is 6.58. The van der Waals surface area contributed by atoms with Gasteiger partial charge in [0.2, 0.25) is 5.91 Å². The van der Waals surface area contributed by atoms with Gasteiger partial charge in [-0.05, 0) is 50.1 Å². The zero-order valence-electron chi connectivity index (χ0n) is 23.9. The van der Waals surface area contributed by atoms with E-state index in [1.165, 1.54) is 4.52 Å². The lowest BCUT2D eigenvalue weighted by molar-refractivity contribution is -0.183. The molecule has 2 amide bonds. The largest absolute Gasteiger partial charge is 0.393 e. The van der Waals surface area contributed by atoms with E-state index in [1.54, 1.807) is 13.1 Å². The van der Waals surface area contributed by atoms with Crippen molar-refractivity contribution in [3.05, 3.63) is 34.7 Å². The zero-order valence-corrected chi connectivity index (χ0v) is 23.9. The number of aromatic nitrogens is 6. The second-order valence-electron chi connectivity index (χ2n) is 11.9. The van der Waals surface area contributed by atoms with Gasteiger partial charge in [-0.2, -0.15) is 18.3 Å². The molecule has 0 spiro atoms. The molecule has 3 aromatic rings. The summed E-state index contributed by atoms with van der Waals surface area (Å²) in [6.45, 7) is 2.29. The van der Waals surface area contributed by atoms with Crippen LogP contribution in [0.1, 0.15) is 96.6 Å². The summed E-state index contributed by atoms with van der Waals surface area (Å²) in [7, 11) is 0. The van der Waals surface area contributed by atoms with E-state index in [9.17, 15) is 22.8 Å². The molecule has 43 heavy (non-hydrogen) atoms. The van der Waals surface area contributed by atoms with Crippen LogP contribution in [0.4, 0.5) is 13.2 Å². The summed E-state index contributed by atoms with van der Waals surface area (Å²) in [5.74, 6) is -2.90. The first-order chi connectivity index (χ1) is 20.7. The van der Waals surface area contributed by atoms with Gasteiger partial charge in [0.1, 0.15) is 5.69 Å². The van der Waals surface area contributed by atoms with Crippen LogP contribution in [-0.2, 0) is 16.0 Å². The minimum absolute atomic E-state index is 0.0250. The maximum absolute atomic E-state index is 13.5. The minimum Gasteiger partial charge on any atom is -0.381 e. The van der Waals surface area contributed by atoms with Crippen molar-refractivity contribution in [3.63, 3.8) is 0 Å². The summed E-state index contributed by atoms with van der Waals surface area (Å²) in [5, 5.41) is 17.8. The van der Waals surface area contributed by atoms with E-state index in [2.05, 4.69) is 20.9 Å². The molecule has 2 saturated heterocycles. The number of rotatable bonds is 7. The lowest BCUT2D eigenvalue weighted by atomic mass is 9.82. The predicted octanol–water partition coefficient (Wildman–Crippen LogP) is 3.62. The molecule has 0 unspecified atom stereocenters. The summed E-state index contributed by atoms with van der Waals surface area (Å²) in [6, 6.07) is -0.445. The Morgan fingerprint density at radius 3 is 2.60 bits per heavy atom. The van der Waals surface area contributed by atoms with E-state index >= 15 is 0 Å². The van der Waals surface area contributed by atoms with Crippen LogP contribution < -0.4 is 10.6 Å². The highest BCUT2D eigenvalue weighted by molar-refractivity contribution is 5.93. The third-order valence-electron chi connectivity index (χ3n) is 9.00. The number of nitrogens with zero attached hydrogens (tertiary/aromatic N) is 6. The molecule has 15 heteroatoms. The van der Waals surface area contributed by atoms with Crippen LogP contribution in [0.5, 0.6) is 0 Å². The predicted molar refractivity (Wildman–Crippen MR) is 144 cm³/mol. The highest BCUT2D eigenvalue weighted by Gasteiger charge is 2.45. The van der Waals surface area contributed by atoms with Crippen LogP contribution in [0.2, 0.25) is 0 Å². The number of imidazole rings is 1. The smallest absolute Gasteiger partial charge is 0.381 e. The monoisotopic (exact) mass is 604 g/mol. The quantitative estimate of drug-likeness (QED) is 0.412. The van der Waals surface area contributed by atoms with Crippen LogP contribution in [0.25, 0.3) is 5.78 Å². The van der Waals surface area contributed by atoms with Gasteiger partial charge >= 0.3 is 6.18 Å². The molecular weight excluding hydrogens is 569 g/mol. The Kier molecular flexibility index (Phi) is 8.34. The molecule has 3 aromatic heterocycles. The van der Waals surface area contributed by atoms with Crippen molar-refractivity contribution in [2.24, 2.45) is 17.8 Å². The number of alkyl halides is 3. The van der Waals surface area contributed by atoms with Crippen LogP contribution in [0.3, 0.4) is 0 Å². The van der Waals surface area contributed by atoms with E-state index < -0.39 is 42.4 Å². The summed E-state index contributed by atoms with van der Waals surface area (Å²) in [5.41, 5.74) is 2.18. The molecule has 2 N–H and O–H groups in total. The third-order valence-corrected chi connectivity index (χ3v) is 9.00. The Hall–Kier alpha value is -3.62. The number of aryl methyl sites for hydroxylation is 1. The van der Waals surface area contributed by atoms with Crippen molar-refractivity contribution in [2.75, 3.05) is 19.8 Å². The number of fused-ring (bicyclic) bond motifs is 1. The number of carbonyl (C=O) groups excluding carboxylic acids is 2. The van der Waals surface area contributed by atoms with Gasteiger partial charge in [-0.15, -0.1) is 0 Å². The average molecular weight is 605 g/mol. The Labute approximate surface area is 245 Å². The van der Waals surface area contributed by atoms with Gasteiger partial charge in [0, 0.05) is 38.0 Å². The first-order valence-corrected chi connectivity index (χ1v) is 15.0. The summed E-state index contributed by atoms with van der Waals surface area (Å²) < 4.78 is 52.4. The fourth-order valence-electron chi connectivity index (χ4n) is 6.58. The first kappa shape index (κ1) is 29.5. The van der Waals surface area contributed by atoms with E-state index in [-0.39, 0.29) is 30.4 Å². The second kappa shape index (κ2) is 12.2. The van der Waals surface area contributed by atoms with E-state index in [0.717, 1.165) is 32.1 Å². The highest BCUT2D eigenvalue weighted by atomic mass is 19.4. The van der Waals surface area contributed by atoms with Crippen molar-refractivity contribution in [3.8, 4) is 0 Å². The molecule has 3 atom stereocenters. The number of nitrogens with one attached hydrogen (secondary N) is 2. The van der Waals surface area contributed by atoms with Crippen LogP contribution >= 0.6 is 0 Å². The fraction of sp³-hybridized carbons (Fsp3) is 0.679. The van der Waals surface area contributed by atoms with Gasteiger partial charge in [0.05, 0.1) is 35.2 Å². The Morgan fingerprint density at radius 2 is 1.91 bits per heavy atom. The van der Waals surface area contributed by atoms with Gasteiger partial charge < -0.3 is 15.4 Å². The van der Waals surface area contributed by atoms with Crippen molar-refractivity contribution < 1.29 is 32.1 Å². The van der Waals surface area contributed by atoms with Crippen molar-refractivity contribution in [1.29, 1.82) is 0 Å². The van der Waals surface area contributed by atoms with Crippen molar-refractivity contribution in [1.82, 2.24) is 40.5 Å². The molecule has 1 saturated carbocycles. The molecule has 12 nitrogen and oxygen atoms in total. The molecule has 3 aliphatic rings. The molecule has 0 radical (unpaired) electrons. The zero-order chi connectivity index (χ0) is 30.1. The normalized spacial score (nSPS) is 23.3. The lowest BCUT2D eigenvalue weighted by Gasteiger charge is -2.31. The van der Waals surface area contributed by atoms with Crippen molar-refractivity contribution >= 4 is 17.6 Å². The molecule has 5 heterocycles. The van der Waals surface area contributed by atoms with Gasteiger partial charge in [-0.25, -0.2) is 19.1 Å². The van der Waals surface area contributed by atoms with Crippen LogP contribution in [0.15, 0.2) is 10.8 Å². The molecule has 232 valence electrons. The van der Waals surface area contributed by atoms with Crippen molar-refractivity contribution in [2.45, 2.75) is 82.8 Å². The summed E-state index contributed by atoms with van der Waals surface area (Å²) in [6.07, 6.45) is 3.41. The first-order valence-electron chi connectivity index (χ1n) is 15.0.